The van der Waals surface area contributed by atoms with Crippen molar-refractivity contribution < 1.29 is 9.90 Å². The van der Waals surface area contributed by atoms with Crippen LogP contribution in [0.3, 0.4) is 0 Å². The molecule has 0 aromatic heterocycles. The third kappa shape index (κ3) is 1.68. The van der Waals surface area contributed by atoms with Crippen LogP contribution in [0.4, 0.5) is 0 Å². The van der Waals surface area contributed by atoms with Gasteiger partial charge in [0.2, 0.25) is 0 Å². The Labute approximate surface area is 73.3 Å². The van der Waals surface area contributed by atoms with Gasteiger partial charge in [-0.3, -0.25) is 4.79 Å². The summed E-state index contributed by atoms with van der Waals surface area (Å²) in [6.45, 7) is 6.11. The smallest absolute Gasteiger partial charge is 0.200 e. The second-order valence-electron chi connectivity index (χ2n) is 4.45. The summed E-state index contributed by atoms with van der Waals surface area (Å²) in [5.41, 5.74) is -0.0284. The van der Waals surface area contributed by atoms with Crippen molar-refractivity contribution in [3.8, 4) is 0 Å². The molecular weight excluding hydrogens is 152 g/mol. The SMILES string of the molecule is CC(C)(C)C1CCC=C(O)C1=O. The first-order valence-corrected chi connectivity index (χ1v) is 4.36. The molecule has 0 bridgehead atoms. The van der Waals surface area contributed by atoms with Crippen LogP contribution in [0.15, 0.2) is 11.8 Å². The van der Waals surface area contributed by atoms with Crippen LogP contribution in [-0.4, -0.2) is 10.9 Å². The molecule has 2 nitrogen and oxygen atoms in total. The number of allylic oxidation sites excluding steroid dienone is 2. The lowest BCUT2D eigenvalue weighted by atomic mass is 9.73. The normalized spacial score (nSPS) is 25.4. The quantitative estimate of drug-likeness (QED) is 0.603. The number of Topliss-reactive ketones (excluding diaryl/α,β-unsaturated/α-hetero) is 1. The average molecular weight is 168 g/mol. The standard InChI is InChI=1S/C10H16O2/c1-10(2,3)7-5-4-6-8(11)9(7)12/h6-7,11H,4-5H2,1-3H3. The maximum Gasteiger partial charge on any atom is 0.200 e. The molecule has 1 atom stereocenters. The molecule has 0 radical (unpaired) electrons. The molecule has 0 amide bonds. The highest BCUT2D eigenvalue weighted by Crippen LogP contribution is 2.34. The molecule has 1 aliphatic carbocycles. The fraction of sp³-hybridized carbons (Fsp3) is 0.700. The molecule has 1 aliphatic rings. The molecule has 2 heteroatoms. The van der Waals surface area contributed by atoms with Crippen LogP contribution in [0, 0.1) is 11.3 Å². The number of hydrogen-bond donors (Lipinski definition) is 1. The van der Waals surface area contributed by atoms with Gasteiger partial charge in [0.1, 0.15) is 0 Å². The lowest BCUT2D eigenvalue weighted by Crippen LogP contribution is -2.31. The Bertz CT molecular complexity index is 220. The van der Waals surface area contributed by atoms with Crippen molar-refractivity contribution in [3.63, 3.8) is 0 Å². The zero-order chi connectivity index (χ0) is 9.35. The lowest BCUT2D eigenvalue weighted by Gasteiger charge is -2.30. The number of carbonyl (C=O) groups is 1. The largest absolute Gasteiger partial charge is 0.505 e. The van der Waals surface area contributed by atoms with Gasteiger partial charge in [0, 0.05) is 5.92 Å². The summed E-state index contributed by atoms with van der Waals surface area (Å²) >= 11 is 0. The zero-order valence-corrected chi connectivity index (χ0v) is 7.92. The molecule has 1 rings (SSSR count). The lowest BCUT2D eigenvalue weighted by molar-refractivity contribution is -0.125. The van der Waals surface area contributed by atoms with E-state index in [1.807, 2.05) is 20.8 Å². The molecule has 1 unspecified atom stereocenters. The molecule has 0 aromatic carbocycles. The number of aliphatic hydroxyl groups excluding tert-OH is 1. The van der Waals surface area contributed by atoms with Crippen molar-refractivity contribution in [2.24, 2.45) is 11.3 Å². The third-order valence-electron chi connectivity index (χ3n) is 2.41. The van der Waals surface area contributed by atoms with Crippen LogP contribution in [0.2, 0.25) is 0 Å². The highest BCUT2D eigenvalue weighted by molar-refractivity contribution is 5.96. The highest BCUT2D eigenvalue weighted by atomic mass is 16.3. The second kappa shape index (κ2) is 2.92. The first-order valence-electron chi connectivity index (χ1n) is 4.36. The van der Waals surface area contributed by atoms with Gasteiger partial charge in [-0.2, -0.15) is 0 Å². The maximum absolute atomic E-state index is 11.5. The summed E-state index contributed by atoms with van der Waals surface area (Å²) in [7, 11) is 0. The number of hydrogen-bond acceptors (Lipinski definition) is 2. The first kappa shape index (κ1) is 9.30. The van der Waals surface area contributed by atoms with Gasteiger partial charge in [-0.1, -0.05) is 20.8 Å². The molecule has 0 saturated carbocycles. The van der Waals surface area contributed by atoms with Gasteiger partial charge in [0.05, 0.1) is 0 Å². The Hall–Kier alpha value is -0.790. The van der Waals surface area contributed by atoms with E-state index in [-0.39, 0.29) is 22.9 Å². The Kier molecular flexibility index (Phi) is 2.27. The highest BCUT2D eigenvalue weighted by Gasteiger charge is 2.34. The summed E-state index contributed by atoms with van der Waals surface area (Å²) in [6.07, 6.45) is 3.30. The van der Waals surface area contributed by atoms with Crippen molar-refractivity contribution in [1.29, 1.82) is 0 Å². The van der Waals surface area contributed by atoms with Crippen LogP contribution in [-0.2, 0) is 4.79 Å². The minimum atomic E-state index is -0.0891. The first-order chi connectivity index (χ1) is 5.43. The van der Waals surface area contributed by atoms with E-state index in [0.717, 1.165) is 12.8 Å². The maximum atomic E-state index is 11.5. The van der Waals surface area contributed by atoms with Gasteiger partial charge in [0.25, 0.3) is 0 Å². The van der Waals surface area contributed by atoms with Gasteiger partial charge in [-0.15, -0.1) is 0 Å². The van der Waals surface area contributed by atoms with Crippen LogP contribution < -0.4 is 0 Å². The number of aliphatic hydroxyl groups is 1. The summed E-state index contributed by atoms with van der Waals surface area (Å²) in [5, 5.41) is 9.22. The molecular formula is C10H16O2. The van der Waals surface area contributed by atoms with Crippen molar-refractivity contribution >= 4 is 5.78 Å². The number of carbonyl (C=O) groups excluding carboxylic acids is 1. The van der Waals surface area contributed by atoms with Crippen LogP contribution in [0.5, 0.6) is 0 Å². The Morgan fingerprint density at radius 2 is 2.08 bits per heavy atom. The molecule has 1 N–H and O–H groups in total. The van der Waals surface area contributed by atoms with Crippen LogP contribution in [0.25, 0.3) is 0 Å². The Morgan fingerprint density at radius 3 is 2.50 bits per heavy atom. The minimum Gasteiger partial charge on any atom is -0.505 e. The van der Waals surface area contributed by atoms with E-state index in [0.29, 0.717) is 0 Å². The van der Waals surface area contributed by atoms with Gasteiger partial charge in [-0.05, 0) is 24.3 Å². The zero-order valence-electron chi connectivity index (χ0n) is 7.92. The molecule has 0 aliphatic heterocycles. The molecule has 0 heterocycles. The van der Waals surface area contributed by atoms with E-state index in [1.54, 1.807) is 6.08 Å². The van der Waals surface area contributed by atoms with Gasteiger partial charge in [0.15, 0.2) is 11.5 Å². The van der Waals surface area contributed by atoms with E-state index in [2.05, 4.69) is 0 Å². The van der Waals surface area contributed by atoms with Crippen molar-refractivity contribution in [1.82, 2.24) is 0 Å². The van der Waals surface area contributed by atoms with E-state index < -0.39 is 0 Å². The summed E-state index contributed by atoms with van der Waals surface area (Å²) in [5.74, 6) is -0.141. The van der Waals surface area contributed by atoms with Gasteiger partial charge in [-0.25, -0.2) is 0 Å². The molecule has 68 valence electrons. The molecule has 0 aromatic rings. The van der Waals surface area contributed by atoms with Gasteiger partial charge >= 0.3 is 0 Å². The van der Waals surface area contributed by atoms with Crippen molar-refractivity contribution in [2.45, 2.75) is 33.6 Å². The topological polar surface area (TPSA) is 37.3 Å². The Morgan fingerprint density at radius 1 is 1.50 bits per heavy atom. The summed E-state index contributed by atoms with van der Waals surface area (Å²) in [6, 6.07) is 0. The minimum absolute atomic E-state index is 0.0116. The summed E-state index contributed by atoms with van der Waals surface area (Å²) < 4.78 is 0. The van der Waals surface area contributed by atoms with Crippen molar-refractivity contribution in [2.75, 3.05) is 0 Å². The molecule has 0 saturated heterocycles. The number of ketones is 1. The third-order valence-corrected chi connectivity index (χ3v) is 2.41. The van der Waals surface area contributed by atoms with Crippen LogP contribution in [0.1, 0.15) is 33.6 Å². The molecule has 0 fully saturated rings. The summed E-state index contributed by atoms with van der Waals surface area (Å²) in [4.78, 5) is 11.5. The second-order valence-corrected chi connectivity index (χ2v) is 4.45. The fourth-order valence-electron chi connectivity index (χ4n) is 1.62. The number of rotatable bonds is 0. The van der Waals surface area contributed by atoms with Crippen LogP contribution >= 0.6 is 0 Å². The van der Waals surface area contributed by atoms with Gasteiger partial charge < -0.3 is 5.11 Å². The van der Waals surface area contributed by atoms with E-state index in [1.165, 1.54) is 0 Å². The monoisotopic (exact) mass is 168 g/mol. The van der Waals surface area contributed by atoms with Crippen molar-refractivity contribution in [3.05, 3.63) is 11.8 Å². The van der Waals surface area contributed by atoms with E-state index in [9.17, 15) is 9.90 Å². The van der Waals surface area contributed by atoms with E-state index in [4.69, 9.17) is 0 Å². The molecule has 0 spiro atoms. The fourth-order valence-corrected chi connectivity index (χ4v) is 1.62. The Balaban J connectivity index is 2.83. The molecule has 12 heavy (non-hydrogen) atoms. The average Bonchev–Trinajstić information content (AvgIpc) is 1.92. The predicted octanol–water partition coefficient (Wildman–Crippen LogP) is 2.45. The van der Waals surface area contributed by atoms with E-state index >= 15 is 0 Å². The predicted molar refractivity (Wildman–Crippen MR) is 47.9 cm³/mol.